The van der Waals surface area contributed by atoms with Crippen molar-refractivity contribution in [3.63, 3.8) is 0 Å². The highest BCUT2D eigenvalue weighted by Crippen LogP contribution is 2.44. The lowest BCUT2D eigenvalue weighted by Gasteiger charge is -2.26. The summed E-state index contributed by atoms with van der Waals surface area (Å²) in [6.45, 7) is 4.46. The number of hydrogen-bond acceptors (Lipinski definition) is 7. The second kappa shape index (κ2) is 11.4. The van der Waals surface area contributed by atoms with E-state index in [0.29, 0.717) is 30.9 Å². The summed E-state index contributed by atoms with van der Waals surface area (Å²) in [5.74, 6) is -1.24. The van der Waals surface area contributed by atoms with Gasteiger partial charge in [-0.3, -0.25) is 9.59 Å². The monoisotopic (exact) mass is 503 g/mol. The molecule has 2 N–H and O–H groups in total. The molecule has 9 heteroatoms. The largest absolute Gasteiger partial charge is 0.507 e. The van der Waals surface area contributed by atoms with Gasteiger partial charge in [-0.25, -0.2) is 0 Å². The maximum absolute atomic E-state index is 13.2. The van der Waals surface area contributed by atoms with E-state index in [-0.39, 0.29) is 33.4 Å². The number of benzene rings is 2. The van der Waals surface area contributed by atoms with Crippen LogP contribution in [0.15, 0.2) is 35.9 Å². The van der Waals surface area contributed by atoms with Gasteiger partial charge in [-0.05, 0) is 37.1 Å². The highest BCUT2D eigenvalue weighted by Gasteiger charge is 2.46. The van der Waals surface area contributed by atoms with Crippen LogP contribution in [0.25, 0.3) is 5.76 Å². The van der Waals surface area contributed by atoms with E-state index in [9.17, 15) is 19.8 Å². The summed E-state index contributed by atoms with van der Waals surface area (Å²) in [7, 11) is 2.86. The highest BCUT2D eigenvalue weighted by molar-refractivity contribution is 6.46. The number of ketones is 1. The molecule has 3 rings (SSSR count). The molecule has 0 spiro atoms. The van der Waals surface area contributed by atoms with Crippen LogP contribution in [0, 0.1) is 0 Å². The van der Waals surface area contributed by atoms with Crippen molar-refractivity contribution >= 4 is 29.1 Å². The van der Waals surface area contributed by atoms with Crippen molar-refractivity contribution < 1.29 is 34.0 Å². The molecular weight excluding hydrogens is 474 g/mol. The number of hydrogen-bond donors (Lipinski definition) is 2. The molecule has 188 valence electrons. The number of carbonyl (C=O) groups is 2. The maximum atomic E-state index is 13.2. The van der Waals surface area contributed by atoms with Crippen molar-refractivity contribution in [2.24, 2.45) is 0 Å². The van der Waals surface area contributed by atoms with Crippen LogP contribution in [0.1, 0.15) is 50.3 Å². The number of methoxy groups -OCH3 is 2. The number of nitrogens with zero attached hydrogens (tertiary/aromatic N) is 1. The summed E-state index contributed by atoms with van der Waals surface area (Å²) >= 11 is 6.29. The van der Waals surface area contributed by atoms with Gasteiger partial charge in [0.15, 0.2) is 11.5 Å². The zero-order valence-corrected chi connectivity index (χ0v) is 21.0. The summed E-state index contributed by atoms with van der Waals surface area (Å²) in [6.07, 6.45) is 2.50. The Morgan fingerprint density at radius 1 is 1.03 bits per heavy atom. The van der Waals surface area contributed by atoms with E-state index in [2.05, 4.69) is 0 Å². The second-order valence-corrected chi connectivity index (χ2v) is 8.45. The summed E-state index contributed by atoms with van der Waals surface area (Å²) in [5.41, 5.74) is 0.569. The van der Waals surface area contributed by atoms with Gasteiger partial charge in [-0.15, -0.1) is 0 Å². The third-order valence-electron chi connectivity index (χ3n) is 5.87. The number of amides is 1. The Hall–Kier alpha value is -3.39. The molecule has 1 saturated heterocycles. The van der Waals surface area contributed by atoms with Crippen LogP contribution in [-0.4, -0.2) is 54.2 Å². The van der Waals surface area contributed by atoms with Gasteiger partial charge in [0.05, 0.1) is 43.0 Å². The smallest absolute Gasteiger partial charge is 0.295 e. The molecule has 0 bridgehead atoms. The van der Waals surface area contributed by atoms with Crippen LogP contribution in [0.4, 0.5) is 0 Å². The molecule has 1 heterocycles. The average Bonchev–Trinajstić information content (AvgIpc) is 3.10. The number of aliphatic hydroxyl groups is 1. The lowest BCUT2D eigenvalue weighted by molar-refractivity contribution is -0.139. The van der Waals surface area contributed by atoms with Crippen molar-refractivity contribution in [3.8, 4) is 23.0 Å². The van der Waals surface area contributed by atoms with E-state index < -0.39 is 23.5 Å². The van der Waals surface area contributed by atoms with Crippen LogP contribution in [-0.2, 0) is 9.59 Å². The minimum Gasteiger partial charge on any atom is -0.507 e. The fourth-order valence-electron chi connectivity index (χ4n) is 4.15. The molecule has 35 heavy (non-hydrogen) atoms. The third kappa shape index (κ3) is 5.17. The minimum atomic E-state index is -0.891. The van der Waals surface area contributed by atoms with E-state index in [4.69, 9.17) is 25.8 Å². The maximum Gasteiger partial charge on any atom is 0.295 e. The molecule has 1 amide bonds. The molecule has 0 radical (unpaired) electrons. The number of ether oxygens (including phenoxy) is 3. The van der Waals surface area contributed by atoms with E-state index in [0.717, 1.165) is 12.8 Å². The zero-order chi connectivity index (χ0) is 25.7. The molecule has 1 aliphatic rings. The van der Waals surface area contributed by atoms with E-state index in [1.165, 1.54) is 37.3 Å². The van der Waals surface area contributed by atoms with E-state index in [1.807, 2.05) is 6.92 Å². The Bertz CT molecular complexity index is 1140. The first-order valence-corrected chi connectivity index (χ1v) is 11.8. The number of aliphatic hydroxyl groups excluding tert-OH is 1. The molecule has 1 atom stereocenters. The molecule has 2 aromatic carbocycles. The standard InChI is InChI=1S/C26H30ClNO7/c1-5-7-8-11-28-23(15-9-10-18(29)21(12-15)35-6-2)22(25(31)26(28)32)24(30)16-13-17(27)20(34-4)14-19(16)33-3/h9-10,12-14,23,29-30H,5-8,11H2,1-4H3/b24-22+. The fraction of sp³-hybridized carbons (Fsp3) is 0.385. The van der Waals surface area contributed by atoms with Gasteiger partial charge < -0.3 is 29.3 Å². The number of unbranched alkanes of at least 4 members (excludes halogenated alkanes) is 2. The minimum absolute atomic E-state index is 0.0675. The second-order valence-electron chi connectivity index (χ2n) is 8.05. The van der Waals surface area contributed by atoms with Crippen LogP contribution < -0.4 is 14.2 Å². The van der Waals surface area contributed by atoms with Gasteiger partial charge in [0.1, 0.15) is 17.3 Å². The number of aromatic hydroxyl groups is 1. The highest BCUT2D eigenvalue weighted by atomic mass is 35.5. The zero-order valence-electron chi connectivity index (χ0n) is 20.3. The van der Waals surface area contributed by atoms with Crippen molar-refractivity contribution in [2.75, 3.05) is 27.4 Å². The quantitative estimate of drug-likeness (QED) is 0.202. The number of phenols is 1. The molecule has 2 aromatic rings. The van der Waals surface area contributed by atoms with Crippen molar-refractivity contribution in [3.05, 3.63) is 52.1 Å². The number of Topliss-reactive ketones (excluding diaryl/α,β-unsaturated/α-hetero) is 1. The van der Waals surface area contributed by atoms with Crippen molar-refractivity contribution in [1.82, 2.24) is 4.90 Å². The summed E-state index contributed by atoms with van der Waals surface area (Å²) in [6, 6.07) is 6.66. The van der Waals surface area contributed by atoms with Gasteiger partial charge in [-0.2, -0.15) is 0 Å². The molecule has 8 nitrogen and oxygen atoms in total. The van der Waals surface area contributed by atoms with Gasteiger partial charge in [0.2, 0.25) is 0 Å². The molecular formula is C26H30ClNO7. The Balaban J connectivity index is 2.24. The predicted molar refractivity (Wildman–Crippen MR) is 132 cm³/mol. The number of halogens is 1. The number of phenolic OH excluding ortho intramolecular Hbond substituents is 1. The Morgan fingerprint density at radius 2 is 1.74 bits per heavy atom. The topological polar surface area (TPSA) is 106 Å². The Labute approximate surface area is 209 Å². The van der Waals surface area contributed by atoms with Crippen LogP contribution in [0.2, 0.25) is 5.02 Å². The van der Waals surface area contributed by atoms with Gasteiger partial charge >= 0.3 is 0 Å². The van der Waals surface area contributed by atoms with Gasteiger partial charge in [-0.1, -0.05) is 37.4 Å². The molecule has 0 saturated carbocycles. The fourth-order valence-corrected chi connectivity index (χ4v) is 4.39. The summed E-state index contributed by atoms with van der Waals surface area (Å²) < 4.78 is 16.1. The van der Waals surface area contributed by atoms with Gasteiger partial charge in [0, 0.05) is 12.6 Å². The number of likely N-dealkylation sites (tertiary alicyclic amines) is 1. The Kier molecular flexibility index (Phi) is 8.51. The lowest BCUT2D eigenvalue weighted by Crippen LogP contribution is -2.30. The van der Waals surface area contributed by atoms with E-state index in [1.54, 1.807) is 19.1 Å². The Morgan fingerprint density at radius 3 is 2.37 bits per heavy atom. The number of rotatable bonds is 10. The predicted octanol–water partition coefficient (Wildman–Crippen LogP) is 5.07. The van der Waals surface area contributed by atoms with Gasteiger partial charge in [0.25, 0.3) is 11.7 Å². The van der Waals surface area contributed by atoms with Crippen LogP contribution >= 0.6 is 11.6 Å². The van der Waals surface area contributed by atoms with Crippen molar-refractivity contribution in [1.29, 1.82) is 0 Å². The lowest BCUT2D eigenvalue weighted by atomic mass is 9.94. The first-order valence-electron chi connectivity index (χ1n) is 11.4. The van der Waals surface area contributed by atoms with E-state index >= 15 is 0 Å². The molecule has 0 aliphatic carbocycles. The third-order valence-corrected chi connectivity index (χ3v) is 6.17. The first kappa shape index (κ1) is 26.2. The summed E-state index contributed by atoms with van der Waals surface area (Å²) in [4.78, 5) is 27.8. The number of carbonyl (C=O) groups excluding carboxylic acids is 2. The first-order chi connectivity index (χ1) is 16.8. The molecule has 1 unspecified atom stereocenters. The SMILES string of the molecule is CCCCCN1C(=O)C(=O)/C(=C(/O)c2cc(Cl)c(OC)cc2OC)C1c1ccc(O)c(OCC)c1. The molecule has 1 fully saturated rings. The average molecular weight is 504 g/mol. The van der Waals surface area contributed by atoms with Crippen molar-refractivity contribution in [2.45, 2.75) is 39.2 Å². The normalized spacial score (nSPS) is 17.1. The summed E-state index contributed by atoms with van der Waals surface area (Å²) in [5, 5.41) is 21.8. The molecule has 1 aliphatic heterocycles. The van der Waals surface area contributed by atoms with Crippen LogP contribution in [0.5, 0.6) is 23.0 Å². The molecule has 0 aromatic heterocycles. The van der Waals surface area contributed by atoms with Crippen LogP contribution in [0.3, 0.4) is 0 Å².